The summed E-state index contributed by atoms with van der Waals surface area (Å²) in [6, 6.07) is 7.25. The second-order valence-electron chi connectivity index (χ2n) is 8.90. The lowest BCUT2D eigenvalue weighted by atomic mass is 9.93. The summed E-state index contributed by atoms with van der Waals surface area (Å²) in [5.41, 5.74) is 0.499. The molecule has 0 atom stereocenters. The zero-order valence-corrected chi connectivity index (χ0v) is 19.1. The van der Waals surface area contributed by atoms with Gasteiger partial charge < -0.3 is 4.74 Å². The SMILES string of the molecule is CC(C)(C)OC(=O)N(c1ccc(F)c(Cl)c1)c1cc(Cl)nc2cc(C(C)(C)C)nn12. The van der Waals surface area contributed by atoms with Crippen molar-refractivity contribution < 1.29 is 13.9 Å². The number of aromatic nitrogens is 3. The minimum atomic E-state index is -0.768. The van der Waals surface area contributed by atoms with Crippen LogP contribution in [0.1, 0.15) is 47.2 Å². The van der Waals surface area contributed by atoms with E-state index < -0.39 is 17.5 Å². The van der Waals surface area contributed by atoms with Crippen molar-refractivity contribution in [2.45, 2.75) is 52.6 Å². The van der Waals surface area contributed by atoms with E-state index in [2.05, 4.69) is 10.1 Å². The van der Waals surface area contributed by atoms with Crippen molar-refractivity contribution >= 4 is 46.4 Å². The molecule has 0 radical (unpaired) electrons. The number of ether oxygens (including phenoxy) is 1. The smallest absolute Gasteiger partial charge is 0.420 e. The number of benzene rings is 1. The van der Waals surface area contributed by atoms with Crippen molar-refractivity contribution in [3.63, 3.8) is 0 Å². The number of carbonyl (C=O) groups excluding carboxylic acids is 1. The summed E-state index contributed by atoms with van der Waals surface area (Å²) >= 11 is 12.2. The third-order valence-electron chi connectivity index (χ3n) is 4.11. The lowest BCUT2D eigenvalue weighted by Crippen LogP contribution is -2.35. The van der Waals surface area contributed by atoms with Crippen molar-refractivity contribution in [3.05, 3.63) is 52.0 Å². The Morgan fingerprint density at radius 2 is 1.77 bits per heavy atom. The molecule has 0 N–H and O–H groups in total. The van der Waals surface area contributed by atoms with Crippen LogP contribution in [0.3, 0.4) is 0 Å². The topological polar surface area (TPSA) is 59.7 Å². The number of carbonyl (C=O) groups is 1. The van der Waals surface area contributed by atoms with Crippen LogP contribution in [-0.2, 0) is 10.2 Å². The second kappa shape index (κ2) is 7.71. The Morgan fingerprint density at radius 3 is 2.33 bits per heavy atom. The van der Waals surface area contributed by atoms with Gasteiger partial charge in [-0.3, -0.25) is 0 Å². The maximum atomic E-state index is 13.8. The highest BCUT2D eigenvalue weighted by Gasteiger charge is 2.29. The summed E-state index contributed by atoms with van der Waals surface area (Å²) in [5.74, 6) is -0.311. The van der Waals surface area contributed by atoms with Gasteiger partial charge in [0.15, 0.2) is 5.65 Å². The molecule has 0 saturated carbocycles. The summed E-state index contributed by atoms with van der Waals surface area (Å²) in [4.78, 5) is 18.7. The van der Waals surface area contributed by atoms with Crippen molar-refractivity contribution in [1.29, 1.82) is 0 Å². The molecule has 0 fully saturated rings. The molecule has 2 aromatic heterocycles. The van der Waals surface area contributed by atoms with Gasteiger partial charge in [0.1, 0.15) is 22.4 Å². The van der Waals surface area contributed by atoms with Crippen LogP contribution >= 0.6 is 23.2 Å². The fourth-order valence-corrected chi connectivity index (χ4v) is 3.08. The van der Waals surface area contributed by atoms with Crippen molar-refractivity contribution in [3.8, 4) is 0 Å². The van der Waals surface area contributed by atoms with E-state index in [9.17, 15) is 9.18 Å². The number of anilines is 2. The van der Waals surface area contributed by atoms with Crippen molar-refractivity contribution in [1.82, 2.24) is 14.6 Å². The zero-order chi connectivity index (χ0) is 22.4. The van der Waals surface area contributed by atoms with Gasteiger partial charge in [-0.15, -0.1) is 0 Å². The van der Waals surface area contributed by atoms with Crippen LogP contribution in [0, 0.1) is 5.82 Å². The molecular weight excluding hydrogens is 430 g/mol. The van der Waals surface area contributed by atoms with Gasteiger partial charge in [-0.05, 0) is 39.0 Å². The number of hydrogen-bond acceptors (Lipinski definition) is 4. The number of amides is 1. The normalized spacial score (nSPS) is 12.3. The van der Waals surface area contributed by atoms with E-state index in [0.29, 0.717) is 11.3 Å². The van der Waals surface area contributed by atoms with Crippen LogP contribution in [0.2, 0.25) is 10.2 Å². The van der Waals surface area contributed by atoms with Gasteiger partial charge in [0.2, 0.25) is 0 Å². The molecule has 0 aliphatic carbocycles. The van der Waals surface area contributed by atoms with Gasteiger partial charge in [-0.25, -0.2) is 19.1 Å². The van der Waals surface area contributed by atoms with E-state index in [0.717, 1.165) is 5.69 Å². The molecule has 0 aliphatic heterocycles. The summed E-state index contributed by atoms with van der Waals surface area (Å²) < 4.78 is 20.9. The third kappa shape index (κ3) is 4.68. The average molecular weight is 453 g/mol. The van der Waals surface area contributed by atoms with Gasteiger partial charge >= 0.3 is 6.09 Å². The van der Waals surface area contributed by atoms with E-state index in [1.165, 1.54) is 33.7 Å². The Morgan fingerprint density at radius 1 is 1.10 bits per heavy atom. The Labute approximate surface area is 184 Å². The maximum absolute atomic E-state index is 13.8. The number of halogens is 3. The molecule has 6 nitrogen and oxygen atoms in total. The van der Waals surface area contributed by atoms with Crippen LogP contribution in [0.25, 0.3) is 5.65 Å². The predicted octanol–water partition coefficient (Wildman–Crippen LogP) is 6.55. The van der Waals surface area contributed by atoms with Gasteiger partial charge in [-0.2, -0.15) is 9.61 Å². The van der Waals surface area contributed by atoms with E-state index in [1.54, 1.807) is 26.8 Å². The van der Waals surface area contributed by atoms with Gasteiger partial charge in [0.25, 0.3) is 0 Å². The molecule has 30 heavy (non-hydrogen) atoms. The van der Waals surface area contributed by atoms with E-state index in [-0.39, 0.29) is 21.4 Å². The first-order chi connectivity index (χ1) is 13.8. The summed E-state index contributed by atoms with van der Waals surface area (Å²) in [5, 5.41) is 4.66. The zero-order valence-electron chi connectivity index (χ0n) is 17.6. The Kier molecular flexibility index (Phi) is 5.73. The fourth-order valence-electron chi connectivity index (χ4n) is 2.72. The number of nitrogens with zero attached hydrogens (tertiary/aromatic N) is 4. The van der Waals surface area contributed by atoms with Crippen LogP contribution in [0.4, 0.5) is 20.7 Å². The first-order valence-corrected chi connectivity index (χ1v) is 10.1. The van der Waals surface area contributed by atoms with Crippen LogP contribution in [-0.4, -0.2) is 26.3 Å². The predicted molar refractivity (Wildman–Crippen MR) is 116 cm³/mol. The Bertz CT molecular complexity index is 1120. The van der Waals surface area contributed by atoms with E-state index >= 15 is 0 Å². The summed E-state index contributed by atoms with van der Waals surface area (Å²) in [7, 11) is 0. The number of rotatable bonds is 2. The van der Waals surface area contributed by atoms with E-state index in [4.69, 9.17) is 27.9 Å². The highest BCUT2D eigenvalue weighted by atomic mass is 35.5. The largest absolute Gasteiger partial charge is 0.443 e. The summed E-state index contributed by atoms with van der Waals surface area (Å²) in [6.45, 7) is 11.3. The molecule has 0 aliphatic rings. The van der Waals surface area contributed by atoms with Gasteiger partial charge in [0.05, 0.1) is 16.4 Å². The second-order valence-corrected chi connectivity index (χ2v) is 9.70. The van der Waals surface area contributed by atoms with Crippen molar-refractivity contribution in [2.75, 3.05) is 4.90 Å². The highest BCUT2D eigenvalue weighted by molar-refractivity contribution is 6.31. The average Bonchev–Trinajstić information content (AvgIpc) is 3.01. The Hall–Kier alpha value is -2.38. The lowest BCUT2D eigenvalue weighted by molar-refractivity contribution is 0.0597. The van der Waals surface area contributed by atoms with Crippen LogP contribution in [0.5, 0.6) is 0 Å². The molecule has 0 spiro atoms. The first-order valence-electron chi connectivity index (χ1n) is 9.31. The number of hydrogen-bond donors (Lipinski definition) is 0. The van der Waals surface area contributed by atoms with Crippen LogP contribution in [0.15, 0.2) is 30.3 Å². The molecule has 2 heterocycles. The van der Waals surface area contributed by atoms with Crippen LogP contribution < -0.4 is 4.90 Å². The lowest BCUT2D eigenvalue weighted by Gasteiger charge is -2.27. The minimum absolute atomic E-state index is 0.131. The molecule has 0 bridgehead atoms. The van der Waals surface area contributed by atoms with Crippen molar-refractivity contribution in [2.24, 2.45) is 0 Å². The standard InChI is InChI=1S/C21H23Cl2FN4O2/c1-20(2,3)15-10-17-25-16(23)11-18(28(17)26-15)27(19(29)30-21(4,5)6)12-7-8-14(24)13(22)9-12/h7-11H,1-6H3. The molecule has 9 heteroatoms. The van der Waals surface area contributed by atoms with Gasteiger partial charge in [0, 0.05) is 17.5 Å². The third-order valence-corrected chi connectivity index (χ3v) is 4.60. The maximum Gasteiger partial charge on any atom is 0.420 e. The molecule has 3 aromatic rings. The Balaban J connectivity index is 2.27. The quantitative estimate of drug-likeness (QED) is 0.413. The molecule has 0 saturated heterocycles. The molecule has 0 unspecified atom stereocenters. The number of fused-ring (bicyclic) bond motifs is 1. The molecular formula is C21H23Cl2FN4O2. The molecule has 3 rings (SSSR count). The minimum Gasteiger partial charge on any atom is -0.443 e. The summed E-state index contributed by atoms with van der Waals surface area (Å²) in [6.07, 6.45) is -0.693. The fraction of sp³-hybridized carbons (Fsp3) is 0.381. The molecule has 1 amide bonds. The van der Waals surface area contributed by atoms with Gasteiger partial charge in [-0.1, -0.05) is 44.0 Å². The highest BCUT2D eigenvalue weighted by Crippen LogP contribution is 2.33. The molecule has 160 valence electrons. The monoisotopic (exact) mass is 452 g/mol. The first kappa shape index (κ1) is 22.3. The van der Waals surface area contributed by atoms with E-state index in [1.807, 2.05) is 20.8 Å². The molecule has 1 aromatic carbocycles.